The number of amides is 1. The summed E-state index contributed by atoms with van der Waals surface area (Å²) in [6.45, 7) is 2.31. The van der Waals surface area contributed by atoms with Crippen LogP contribution in [-0.4, -0.2) is 35.4 Å². The molecule has 24 heavy (non-hydrogen) atoms. The fourth-order valence-corrected chi connectivity index (χ4v) is 3.25. The third-order valence-corrected chi connectivity index (χ3v) is 4.65. The van der Waals surface area contributed by atoms with Crippen molar-refractivity contribution >= 4 is 17.7 Å². The van der Waals surface area contributed by atoms with Gasteiger partial charge in [0.15, 0.2) is 5.82 Å². The average Bonchev–Trinajstić information content (AvgIpc) is 3.08. The third kappa shape index (κ3) is 4.36. The van der Waals surface area contributed by atoms with Gasteiger partial charge in [0.2, 0.25) is 5.89 Å². The van der Waals surface area contributed by atoms with Gasteiger partial charge in [-0.3, -0.25) is 4.79 Å². The maximum atomic E-state index is 12.4. The monoisotopic (exact) mass is 346 g/mol. The number of rotatable bonds is 6. The molecule has 0 spiro atoms. The van der Waals surface area contributed by atoms with Crippen LogP contribution in [0.15, 0.2) is 28.8 Å². The number of hydrogen-bond acceptors (Lipinski definition) is 6. The Morgan fingerprint density at radius 3 is 3.21 bits per heavy atom. The minimum Gasteiger partial charge on any atom is -0.343 e. The van der Waals surface area contributed by atoms with Crippen LogP contribution in [0.1, 0.15) is 46.4 Å². The third-order valence-electron chi connectivity index (χ3n) is 4.10. The molecule has 0 radical (unpaired) electrons. The molecule has 0 unspecified atom stereocenters. The summed E-state index contributed by atoms with van der Waals surface area (Å²) in [5.41, 5.74) is 1.89. The summed E-state index contributed by atoms with van der Waals surface area (Å²) in [6, 6.07) is 7.87. The highest BCUT2D eigenvalue weighted by atomic mass is 32.2. The molecule has 0 saturated carbocycles. The lowest BCUT2D eigenvalue weighted by Crippen LogP contribution is -2.28. The number of nitrogens with one attached hydrogen (secondary N) is 2. The molecule has 6 nitrogen and oxygen atoms in total. The highest BCUT2D eigenvalue weighted by Crippen LogP contribution is 2.23. The van der Waals surface area contributed by atoms with E-state index < -0.39 is 0 Å². The fraction of sp³-hybridized carbons (Fsp3) is 0.471. The van der Waals surface area contributed by atoms with Crippen LogP contribution in [0.3, 0.4) is 0 Å². The van der Waals surface area contributed by atoms with E-state index >= 15 is 0 Å². The van der Waals surface area contributed by atoms with Crippen LogP contribution in [0, 0.1) is 0 Å². The highest BCUT2D eigenvalue weighted by Gasteiger charge is 2.17. The Balaban J connectivity index is 1.59. The van der Waals surface area contributed by atoms with Gasteiger partial charge in [0, 0.05) is 12.1 Å². The van der Waals surface area contributed by atoms with Crippen molar-refractivity contribution < 1.29 is 9.32 Å². The Bertz CT molecular complexity index is 683. The minimum atomic E-state index is -0.120. The normalized spacial score (nSPS) is 17.6. The van der Waals surface area contributed by atoms with E-state index in [1.54, 1.807) is 11.8 Å². The van der Waals surface area contributed by atoms with Gasteiger partial charge in [-0.2, -0.15) is 16.7 Å². The molecule has 1 atom stereocenters. The molecule has 3 rings (SSSR count). The second-order valence-corrected chi connectivity index (χ2v) is 6.75. The van der Waals surface area contributed by atoms with Crippen molar-refractivity contribution in [1.82, 2.24) is 20.8 Å². The maximum Gasteiger partial charge on any atom is 0.251 e. The predicted octanol–water partition coefficient (Wildman–Crippen LogP) is 2.33. The van der Waals surface area contributed by atoms with Crippen molar-refractivity contribution in [3.05, 3.63) is 47.1 Å². The van der Waals surface area contributed by atoms with Crippen LogP contribution in [0.4, 0.5) is 0 Å². The van der Waals surface area contributed by atoms with E-state index in [2.05, 4.69) is 26.8 Å². The molecule has 2 N–H and O–H groups in total. The van der Waals surface area contributed by atoms with E-state index in [1.165, 1.54) is 12.0 Å². The maximum absolute atomic E-state index is 12.4. The number of aromatic nitrogens is 2. The van der Waals surface area contributed by atoms with Gasteiger partial charge in [-0.25, -0.2) is 0 Å². The summed E-state index contributed by atoms with van der Waals surface area (Å²) >= 11 is 1.63. The topological polar surface area (TPSA) is 80.0 Å². The molecule has 1 aliphatic rings. The summed E-state index contributed by atoms with van der Waals surface area (Å²) in [7, 11) is 0. The van der Waals surface area contributed by atoms with Crippen LogP contribution >= 0.6 is 11.8 Å². The Hall–Kier alpha value is -1.86. The lowest BCUT2D eigenvalue weighted by atomic mass is 9.90. The molecule has 1 amide bonds. The predicted molar refractivity (Wildman–Crippen MR) is 94.0 cm³/mol. The van der Waals surface area contributed by atoms with Crippen molar-refractivity contribution in [2.75, 3.05) is 19.3 Å². The molecule has 1 saturated heterocycles. The fourth-order valence-electron chi connectivity index (χ4n) is 2.88. The van der Waals surface area contributed by atoms with Gasteiger partial charge in [-0.1, -0.05) is 17.3 Å². The van der Waals surface area contributed by atoms with Crippen LogP contribution in [0.2, 0.25) is 0 Å². The van der Waals surface area contributed by atoms with Crippen molar-refractivity contribution in [2.45, 2.75) is 31.1 Å². The first-order valence-electron chi connectivity index (χ1n) is 8.15. The number of carbonyl (C=O) groups excluding carboxylic acids is 1. The first-order chi connectivity index (χ1) is 11.8. The van der Waals surface area contributed by atoms with Crippen LogP contribution in [0.25, 0.3) is 0 Å². The molecule has 0 aliphatic carbocycles. The van der Waals surface area contributed by atoms with Gasteiger partial charge in [-0.15, -0.1) is 0 Å². The van der Waals surface area contributed by atoms with Crippen LogP contribution < -0.4 is 10.6 Å². The zero-order valence-corrected chi connectivity index (χ0v) is 14.6. The molecule has 7 heteroatoms. The Morgan fingerprint density at radius 1 is 1.50 bits per heavy atom. The molecule has 1 aromatic heterocycles. The summed E-state index contributed by atoms with van der Waals surface area (Å²) in [5.74, 6) is 2.15. The van der Waals surface area contributed by atoms with Gasteiger partial charge in [-0.05, 0) is 49.3 Å². The number of piperidine rings is 1. The van der Waals surface area contributed by atoms with Gasteiger partial charge >= 0.3 is 0 Å². The number of hydrogen-bond donors (Lipinski definition) is 2. The second-order valence-electron chi connectivity index (χ2n) is 5.89. The molecule has 1 aliphatic heterocycles. The summed E-state index contributed by atoms with van der Waals surface area (Å²) in [4.78, 5) is 16.6. The summed E-state index contributed by atoms with van der Waals surface area (Å²) in [6.07, 6.45) is 4.32. The molecular formula is C17H22N4O2S. The van der Waals surface area contributed by atoms with Crippen molar-refractivity contribution in [3.8, 4) is 0 Å². The largest absolute Gasteiger partial charge is 0.343 e. The van der Waals surface area contributed by atoms with Crippen LogP contribution in [0.5, 0.6) is 0 Å². The minimum absolute atomic E-state index is 0.120. The SMILES string of the molecule is CSCc1noc(CNC(=O)c2cccc([C@@H]3CCCNC3)c2)n1. The number of thioether (sulfide) groups is 1. The van der Waals surface area contributed by atoms with Gasteiger partial charge in [0.05, 0.1) is 12.3 Å². The molecular weight excluding hydrogens is 324 g/mol. The molecule has 0 bridgehead atoms. The zero-order chi connectivity index (χ0) is 16.8. The smallest absolute Gasteiger partial charge is 0.251 e. The highest BCUT2D eigenvalue weighted by molar-refractivity contribution is 7.97. The summed E-state index contributed by atoms with van der Waals surface area (Å²) in [5, 5.41) is 10.1. The first kappa shape index (κ1) is 17.0. The van der Waals surface area contributed by atoms with E-state index in [9.17, 15) is 4.79 Å². The van der Waals surface area contributed by atoms with Crippen molar-refractivity contribution in [3.63, 3.8) is 0 Å². The van der Waals surface area contributed by atoms with E-state index in [0.29, 0.717) is 28.9 Å². The van der Waals surface area contributed by atoms with Crippen molar-refractivity contribution in [1.29, 1.82) is 0 Å². The first-order valence-corrected chi connectivity index (χ1v) is 9.55. The van der Waals surface area contributed by atoms with E-state index in [1.807, 2.05) is 24.5 Å². The Labute approximate surface area is 145 Å². The Morgan fingerprint density at radius 2 is 2.42 bits per heavy atom. The quantitative estimate of drug-likeness (QED) is 0.836. The van der Waals surface area contributed by atoms with Gasteiger partial charge in [0.25, 0.3) is 5.91 Å². The number of nitrogens with zero attached hydrogens (tertiary/aromatic N) is 2. The van der Waals surface area contributed by atoms with E-state index in [-0.39, 0.29) is 12.5 Å². The van der Waals surface area contributed by atoms with Gasteiger partial charge in [0.1, 0.15) is 0 Å². The molecule has 2 aromatic rings. The lowest BCUT2D eigenvalue weighted by Gasteiger charge is -2.23. The summed E-state index contributed by atoms with van der Waals surface area (Å²) < 4.78 is 5.12. The number of carbonyl (C=O) groups is 1. The van der Waals surface area contributed by atoms with Gasteiger partial charge < -0.3 is 15.2 Å². The molecule has 2 heterocycles. The average molecular weight is 346 g/mol. The van der Waals surface area contributed by atoms with E-state index in [4.69, 9.17) is 4.52 Å². The molecule has 1 fully saturated rings. The second kappa shape index (κ2) is 8.30. The number of benzene rings is 1. The standard InChI is InChI=1S/C17H22N4O2S/c1-24-11-15-20-16(23-21-15)10-19-17(22)13-5-2-4-12(8-13)14-6-3-7-18-9-14/h2,4-5,8,14,18H,3,6-7,9-11H2,1H3,(H,19,22)/t14-/m1/s1. The van der Waals surface area contributed by atoms with Crippen molar-refractivity contribution in [2.24, 2.45) is 0 Å². The molecule has 128 valence electrons. The lowest BCUT2D eigenvalue weighted by molar-refractivity contribution is 0.0946. The Kier molecular flexibility index (Phi) is 5.87. The zero-order valence-electron chi connectivity index (χ0n) is 13.7. The van der Waals surface area contributed by atoms with E-state index in [0.717, 1.165) is 19.5 Å². The van der Waals surface area contributed by atoms with Crippen LogP contribution in [-0.2, 0) is 12.3 Å². The molecule has 1 aromatic carbocycles.